The Hall–Kier alpha value is -1.66. The van der Waals surface area contributed by atoms with Crippen molar-refractivity contribution >= 4 is 64.9 Å². The minimum absolute atomic E-state index is 0. The molecule has 2 aromatic carbocycles. The van der Waals surface area contributed by atoms with Gasteiger partial charge in [-0.2, -0.15) is 0 Å². The van der Waals surface area contributed by atoms with Crippen molar-refractivity contribution in [1.82, 2.24) is 10.2 Å². The predicted octanol–water partition coefficient (Wildman–Crippen LogP) is -0.0455. The summed E-state index contributed by atoms with van der Waals surface area (Å²) in [7, 11) is 0. The first-order valence-corrected chi connectivity index (χ1v) is 17.2. The van der Waals surface area contributed by atoms with Gasteiger partial charge >= 0.3 is 6.09 Å². The third-order valence-electron chi connectivity index (χ3n) is 6.36. The van der Waals surface area contributed by atoms with Gasteiger partial charge in [0.2, 0.25) is 0 Å². The number of carbonyl (C=O) groups is 1. The van der Waals surface area contributed by atoms with E-state index in [2.05, 4.69) is 27.8 Å². The van der Waals surface area contributed by atoms with Crippen molar-refractivity contribution in [2.24, 2.45) is 0 Å². The maximum atomic E-state index is 11.6. The van der Waals surface area contributed by atoms with E-state index in [1.807, 2.05) is 20.8 Å². The van der Waals surface area contributed by atoms with E-state index in [0.29, 0.717) is 57.9 Å². The lowest BCUT2D eigenvalue weighted by Gasteiger charge is -2.21. The van der Waals surface area contributed by atoms with Crippen LogP contribution in [0.5, 0.6) is 11.5 Å². The standard InChI is InChI=1S/C20H28Cl2N2O3.C15H20Cl2N2O.3ClH/c1-5-11-24(12-6-10-23-19(25)27-20(2,3)4)13-7-14-26-18-9-8-16(21)15-17(18)22;1-2-8-19(9-3-7-18)10-4-11-20-15-6-5-13(16)12-14(15)17;;;/h1,8-9,15H,6-7,10-14H2,2-4H3,(H,23,25);1,5-6,12H,3-4,7-11,18H2;3*1H. The zero-order chi connectivity index (χ0) is 35.1. The highest BCUT2D eigenvalue weighted by molar-refractivity contribution is 6.36. The van der Waals surface area contributed by atoms with Crippen LogP contribution in [-0.4, -0.2) is 82.2 Å². The summed E-state index contributed by atoms with van der Waals surface area (Å²) < 4.78 is 16.5. The van der Waals surface area contributed by atoms with Gasteiger partial charge in [-0.25, -0.2) is 4.79 Å². The molecule has 0 aliphatic carbocycles. The number of nitrogens with zero attached hydrogens (tertiary/aromatic N) is 1. The highest BCUT2D eigenvalue weighted by atomic mass is 35.5. The molecular weight excluding hydrogens is 789 g/mol. The van der Waals surface area contributed by atoms with Crippen molar-refractivity contribution in [2.45, 2.75) is 52.1 Å². The number of rotatable bonds is 19. The molecule has 0 fully saturated rings. The first kappa shape index (κ1) is 52.7. The van der Waals surface area contributed by atoms with Crippen molar-refractivity contribution in [3.8, 4) is 36.2 Å². The zero-order valence-electron chi connectivity index (χ0n) is 29.0. The van der Waals surface area contributed by atoms with Crippen LogP contribution in [0.2, 0.25) is 20.1 Å². The number of amides is 1. The monoisotopic (exact) mass is 836 g/mol. The van der Waals surface area contributed by atoms with Crippen LogP contribution in [0.4, 0.5) is 4.79 Å². The second kappa shape index (κ2) is 30.9. The number of carbonyl (C=O) groups excluding carboxylic acids is 1. The number of halogens is 7. The maximum Gasteiger partial charge on any atom is 0.407 e. The molecule has 0 aromatic heterocycles. The van der Waals surface area contributed by atoms with Gasteiger partial charge in [0.15, 0.2) is 0 Å². The summed E-state index contributed by atoms with van der Waals surface area (Å²) in [5.74, 6) is 6.67. The van der Waals surface area contributed by atoms with Gasteiger partial charge in [0, 0.05) is 42.5 Å². The van der Waals surface area contributed by atoms with Crippen molar-refractivity contribution in [3.05, 3.63) is 56.5 Å². The molecule has 1 amide bonds. The maximum absolute atomic E-state index is 11.6. The second-order valence-electron chi connectivity index (χ2n) is 11.7. The van der Waals surface area contributed by atoms with Gasteiger partial charge in [-0.1, -0.05) is 52.3 Å². The highest BCUT2D eigenvalue weighted by Crippen LogP contribution is 2.28. The number of benzene rings is 2. The van der Waals surface area contributed by atoms with Gasteiger partial charge < -0.3 is 55.0 Å². The summed E-state index contributed by atoms with van der Waals surface area (Å²) in [5, 5.41) is 4.97. The van der Waals surface area contributed by atoms with Crippen LogP contribution in [0, 0.1) is 24.7 Å². The average Bonchev–Trinajstić information content (AvgIpc) is 2.99. The summed E-state index contributed by atoms with van der Waals surface area (Å²) in [6.45, 7) is 13.1. The van der Waals surface area contributed by atoms with Crippen molar-refractivity contribution in [3.63, 3.8) is 0 Å². The summed E-state index contributed by atoms with van der Waals surface area (Å²) in [5.41, 5.74) is 3.36. The Balaban J connectivity index is -0.000000865. The topological polar surface area (TPSA) is 92.1 Å². The Morgan fingerprint density at radius 3 is 1.86 bits per heavy atom. The fraction of sp³-hybridized carbons (Fsp3) is 0.514. The van der Waals surface area contributed by atoms with Gasteiger partial charge in [-0.15, -0.1) is 25.3 Å². The molecule has 0 radical (unpaired) electrons. The van der Waals surface area contributed by atoms with Crippen LogP contribution < -0.4 is 50.2 Å². The normalized spacial score (nSPS) is 10.8. The Kier molecular flexibility index (Phi) is 32.6. The van der Waals surface area contributed by atoms with E-state index in [4.69, 9.17) is 73.5 Å². The summed E-state index contributed by atoms with van der Waals surface area (Å²) in [6.07, 6.45) is 14.0. The van der Waals surface area contributed by atoms with Crippen molar-refractivity contribution in [2.75, 3.05) is 65.6 Å². The molecule has 0 heterocycles. The first-order chi connectivity index (χ1) is 22.4. The third kappa shape index (κ3) is 26.2. The van der Waals surface area contributed by atoms with Gasteiger partial charge in [0.05, 0.1) is 49.4 Å². The number of quaternary nitrogens is 2. The molecule has 1 atom stereocenters. The van der Waals surface area contributed by atoms with E-state index >= 15 is 0 Å². The molecule has 0 spiro atoms. The smallest absolute Gasteiger partial charge is 0.407 e. The molecule has 284 valence electrons. The largest absolute Gasteiger partial charge is 1.00 e. The summed E-state index contributed by atoms with van der Waals surface area (Å²) >= 11 is 23.8. The highest BCUT2D eigenvalue weighted by Gasteiger charge is 2.15. The van der Waals surface area contributed by atoms with Gasteiger partial charge in [-0.3, -0.25) is 4.90 Å². The number of hydrogen-bond donors (Lipinski definition) is 3. The van der Waals surface area contributed by atoms with Crippen LogP contribution in [0.3, 0.4) is 0 Å². The van der Waals surface area contributed by atoms with E-state index in [1.54, 1.807) is 36.4 Å². The Morgan fingerprint density at radius 1 is 0.860 bits per heavy atom. The molecule has 50 heavy (non-hydrogen) atoms. The molecule has 0 saturated heterocycles. The summed E-state index contributed by atoms with van der Waals surface area (Å²) in [4.78, 5) is 15.2. The zero-order valence-corrected chi connectivity index (χ0v) is 34.3. The fourth-order valence-corrected chi connectivity index (χ4v) is 5.11. The lowest BCUT2D eigenvalue weighted by Crippen LogP contribution is -3.12. The molecule has 0 bridgehead atoms. The Labute approximate surface area is 337 Å². The van der Waals surface area contributed by atoms with E-state index < -0.39 is 11.7 Å². The van der Waals surface area contributed by atoms with Gasteiger partial charge in [0.1, 0.15) is 23.6 Å². The fourth-order valence-electron chi connectivity index (χ4n) is 4.19. The Bertz CT molecular complexity index is 1290. The third-order valence-corrected chi connectivity index (χ3v) is 7.42. The Morgan fingerprint density at radius 2 is 1.38 bits per heavy atom. The number of alkyl carbamates (subject to hydrolysis) is 1. The molecule has 0 aliphatic rings. The van der Waals surface area contributed by atoms with E-state index in [9.17, 15) is 4.79 Å². The molecule has 2 rings (SSSR count). The minimum Gasteiger partial charge on any atom is -1.00 e. The van der Waals surface area contributed by atoms with Crippen LogP contribution in [0.15, 0.2) is 36.4 Å². The molecule has 0 aliphatic heterocycles. The van der Waals surface area contributed by atoms with Crippen LogP contribution in [0.25, 0.3) is 0 Å². The van der Waals surface area contributed by atoms with E-state index in [1.165, 1.54) is 4.90 Å². The first-order valence-electron chi connectivity index (χ1n) is 15.7. The SMILES string of the molecule is C#CCN(CCCNC(=O)OC(C)(C)C)CCCOc1ccc(Cl)cc1Cl.C#CC[NH+](CCC[NH3+])CCCOc1ccc(Cl)cc1Cl.Cl.[Cl-].[Cl-]. The van der Waals surface area contributed by atoms with Crippen molar-refractivity contribution < 1.29 is 54.5 Å². The predicted molar refractivity (Wildman–Crippen MR) is 201 cm³/mol. The number of terminal acetylenes is 2. The number of ether oxygens (including phenoxy) is 3. The molecule has 8 nitrogen and oxygen atoms in total. The van der Waals surface area contributed by atoms with Crippen molar-refractivity contribution in [1.29, 1.82) is 0 Å². The quantitative estimate of drug-likeness (QED) is 0.137. The summed E-state index contributed by atoms with van der Waals surface area (Å²) in [6, 6.07) is 10.4. The lowest BCUT2D eigenvalue weighted by molar-refractivity contribution is -0.893. The van der Waals surface area contributed by atoms with Crippen LogP contribution >= 0.6 is 58.8 Å². The molecular formula is C35H51Cl7N4O4. The lowest BCUT2D eigenvalue weighted by atomic mass is 10.2. The van der Waals surface area contributed by atoms with Gasteiger partial charge in [0.25, 0.3) is 0 Å². The minimum atomic E-state index is -0.493. The molecule has 15 heteroatoms. The van der Waals surface area contributed by atoms with Crippen LogP contribution in [0.1, 0.15) is 46.5 Å². The molecule has 5 N–H and O–H groups in total. The van der Waals surface area contributed by atoms with E-state index in [0.717, 1.165) is 65.0 Å². The van der Waals surface area contributed by atoms with E-state index in [-0.39, 0.29) is 37.2 Å². The van der Waals surface area contributed by atoms with Crippen LogP contribution in [-0.2, 0) is 4.74 Å². The molecule has 1 unspecified atom stereocenters. The average molecular weight is 840 g/mol. The molecule has 0 saturated carbocycles. The second-order valence-corrected chi connectivity index (χ2v) is 13.3. The molecule has 2 aromatic rings. The van der Waals surface area contributed by atoms with Gasteiger partial charge in [-0.05, 0) is 75.9 Å². The number of hydrogen-bond acceptors (Lipinski definition) is 5. The number of nitrogens with one attached hydrogen (secondary N) is 2.